The van der Waals surface area contributed by atoms with Crippen LogP contribution in [0.5, 0.6) is 11.6 Å². The summed E-state index contributed by atoms with van der Waals surface area (Å²) in [4.78, 5) is 8.09. The lowest BCUT2D eigenvalue weighted by Gasteiger charge is -2.06. The van der Waals surface area contributed by atoms with Crippen molar-refractivity contribution in [3.8, 4) is 11.6 Å². The third-order valence-corrected chi connectivity index (χ3v) is 2.28. The fourth-order valence-corrected chi connectivity index (χ4v) is 1.53. The van der Waals surface area contributed by atoms with Crippen molar-refractivity contribution in [1.82, 2.24) is 15.3 Å². The third-order valence-electron chi connectivity index (χ3n) is 2.28. The van der Waals surface area contributed by atoms with E-state index >= 15 is 0 Å². The van der Waals surface area contributed by atoms with E-state index in [1.54, 1.807) is 0 Å². The van der Waals surface area contributed by atoms with Gasteiger partial charge in [0.05, 0.1) is 0 Å². The molecule has 1 N–H and O–H groups in total. The van der Waals surface area contributed by atoms with Crippen LogP contribution >= 0.6 is 0 Å². The number of hydrogen-bond donors (Lipinski definition) is 1. The second-order valence-electron chi connectivity index (χ2n) is 3.78. The minimum absolute atomic E-state index is 0.569. The number of nitrogens with one attached hydrogen (secondary N) is 1. The molecular weight excluding hydrogens is 214 g/mol. The molecule has 0 radical (unpaired) electrons. The summed E-state index contributed by atoms with van der Waals surface area (Å²) in [5.74, 6) is 1.36. The van der Waals surface area contributed by atoms with E-state index in [0.29, 0.717) is 5.88 Å². The normalized spacial score (nSPS) is 10.2. The van der Waals surface area contributed by atoms with Crippen molar-refractivity contribution in [2.45, 2.75) is 13.5 Å². The van der Waals surface area contributed by atoms with Crippen LogP contribution < -0.4 is 10.1 Å². The molecule has 17 heavy (non-hydrogen) atoms. The van der Waals surface area contributed by atoms with Gasteiger partial charge in [-0.3, -0.25) is 0 Å². The standard InChI is InChI=1S/C13H15N3O/c1-10-6-13(16-9-15-10)17-12-5-3-4-11(7-12)8-14-2/h3-7,9,14H,8H2,1-2H3. The number of hydrogen-bond acceptors (Lipinski definition) is 4. The van der Waals surface area contributed by atoms with Gasteiger partial charge >= 0.3 is 0 Å². The number of benzene rings is 1. The first-order chi connectivity index (χ1) is 8.28. The molecule has 4 heteroatoms. The van der Waals surface area contributed by atoms with E-state index in [1.165, 1.54) is 11.9 Å². The first-order valence-electron chi connectivity index (χ1n) is 5.48. The first kappa shape index (κ1) is 11.5. The van der Waals surface area contributed by atoms with Gasteiger partial charge in [-0.1, -0.05) is 12.1 Å². The Bertz CT molecular complexity index is 500. The highest BCUT2D eigenvalue weighted by molar-refractivity contribution is 5.31. The molecule has 1 aromatic heterocycles. The summed E-state index contributed by atoms with van der Waals surface area (Å²) in [7, 11) is 1.92. The zero-order valence-corrected chi connectivity index (χ0v) is 9.97. The van der Waals surface area contributed by atoms with Crippen LogP contribution in [0.25, 0.3) is 0 Å². The van der Waals surface area contributed by atoms with Crippen LogP contribution in [0.1, 0.15) is 11.3 Å². The van der Waals surface area contributed by atoms with E-state index < -0.39 is 0 Å². The zero-order valence-electron chi connectivity index (χ0n) is 9.97. The van der Waals surface area contributed by atoms with Crippen molar-refractivity contribution in [3.63, 3.8) is 0 Å². The van der Waals surface area contributed by atoms with Gasteiger partial charge in [0.2, 0.25) is 5.88 Å². The molecule has 0 fully saturated rings. The molecule has 0 saturated carbocycles. The van der Waals surface area contributed by atoms with Gasteiger partial charge in [-0.15, -0.1) is 0 Å². The van der Waals surface area contributed by atoms with E-state index in [0.717, 1.165) is 18.0 Å². The molecule has 1 heterocycles. The highest BCUT2D eigenvalue weighted by Crippen LogP contribution is 2.20. The predicted octanol–water partition coefficient (Wildman–Crippen LogP) is 2.30. The summed E-state index contributed by atoms with van der Waals surface area (Å²) in [6.45, 7) is 2.73. The molecule has 0 spiro atoms. The van der Waals surface area contributed by atoms with Crippen molar-refractivity contribution in [2.75, 3.05) is 7.05 Å². The number of aryl methyl sites for hydroxylation is 1. The van der Waals surface area contributed by atoms with Gasteiger partial charge in [-0.25, -0.2) is 9.97 Å². The zero-order chi connectivity index (χ0) is 12.1. The molecule has 4 nitrogen and oxygen atoms in total. The molecule has 0 saturated heterocycles. The Morgan fingerprint density at radius 3 is 2.88 bits per heavy atom. The summed E-state index contributed by atoms with van der Waals surface area (Å²) in [5, 5.41) is 3.10. The second-order valence-corrected chi connectivity index (χ2v) is 3.78. The summed E-state index contributed by atoms with van der Waals surface area (Å²) in [6, 6.07) is 9.74. The predicted molar refractivity (Wildman–Crippen MR) is 66.0 cm³/mol. The van der Waals surface area contributed by atoms with Crippen LogP contribution in [0.3, 0.4) is 0 Å². The second kappa shape index (κ2) is 5.41. The van der Waals surface area contributed by atoms with Crippen molar-refractivity contribution in [2.24, 2.45) is 0 Å². The van der Waals surface area contributed by atoms with Crippen LogP contribution in [0.15, 0.2) is 36.7 Å². The fraction of sp³-hybridized carbons (Fsp3) is 0.231. The van der Waals surface area contributed by atoms with Crippen molar-refractivity contribution < 1.29 is 4.74 Å². The van der Waals surface area contributed by atoms with Crippen LogP contribution in [-0.4, -0.2) is 17.0 Å². The topological polar surface area (TPSA) is 47.0 Å². The first-order valence-corrected chi connectivity index (χ1v) is 5.48. The molecular formula is C13H15N3O. The van der Waals surface area contributed by atoms with Crippen LogP contribution in [0.2, 0.25) is 0 Å². The Kier molecular flexibility index (Phi) is 3.67. The molecule has 2 rings (SSSR count). The molecule has 0 unspecified atom stereocenters. The number of nitrogens with zero attached hydrogens (tertiary/aromatic N) is 2. The minimum atomic E-state index is 0.569. The van der Waals surface area contributed by atoms with E-state index in [9.17, 15) is 0 Å². The highest BCUT2D eigenvalue weighted by atomic mass is 16.5. The van der Waals surface area contributed by atoms with Gasteiger partial charge in [0, 0.05) is 18.3 Å². The van der Waals surface area contributed by atoms with Crippen LogP contribution in [-0.2, 0) is 6.54 Å². The minimum Gasteiger partial charge on any atom is -0.439 e. The summed E-state index contributed by atoms with van der Waals surface area (Å²) < 4.78 is 5.67. The van der Waals surface area contributed by atoms with Gasteiger partial charge in [-0.05, 0) is 31.7 Å². The van der Waals surface area contributed by atoms with Crippen molar-refractivity contribution >= 4 is 0 Å². The molecule has 0 aliphatic heterocycles. The Morgan fingerprint density at radius 1 is 1.24 bits per heavy atom. The average Bonchev–Trinajstić information content (AvgIpc) is 2.30. The smallest absolute Gasteiger partial charge is 0.222 e. The highest BCUT2D eigenvalue weighted by Gasteiger charge is 2.00. The Hall–Kier alpha value is -1.94. The number of aromatic nitrogens is 2. The molecule has 88 valence electrons. The summed E-state index contributed by atoms with van der Waals surface area (Å²) in [5.41, 5.74) is 2.07. The SMILES string of the molecule is CNCc1cccc(Oc2cc(C)ncn2)c1. The largest absolute Gasteiger partial charge is 0.439 e. The number of ether oxygens (including phenoxy) is 1. The van der Waals surface area contributed by atoms with Crippen molar-refractivity contribution in [1.29, 1.82) is 0 Å². The summed E-state index contributed by atoms with van der Waals surface area (Å²) >= 11 is 0. The average molecular weight is 229 g/mol. The van der Waals surface area contributed by atoms with Gasteiger partial charge < -0.3 is 10.1 Å². The Balaban J connectivity index is 2.15. The lowest BCUT2D eigenvalue weighted by molar-refractivity contribution is 0.460. The van der Waals surface area contributed by atoms with Gasteiger partial charge in [-0.2, -0.15) is 0 Å². The molecule has 0 aliphatic carbocycles. The molecule has 1 aromatic carbocycles. The Labute approximate surface area is 101 Å². The lowest BCUT2D eigenvalue weighted by atomic mass is 10.2. The van der Waals surface area contributed by atoms with E-state index in [2.05, 4.69) is 21.4 Å². The third kappa shape index (κ3) is 3.26. The molecule has 0 aliphatic rings. The number of rotatable bonds is 4. The monoisotopic (exact) mass is 229 g/mol. The maximum absolute atomic E-state index is 5.67. The van der Waals surface area contributed by atoms with Gasteiger partial charge in [0.25, 0.3) is 0 Å². The summed E-state index contributed by atoms with van der Waals surface area (Å²) in [6.07, 6.45) is 1.50. The van der Waals surface area contributed by atoms with Gasteiger partial charge in [0.1, 0.15) is 12.1 Å². The molecule has 2 aromatic rings. The van der Waals surface area contributed by atoms with Crippen molar-refractivity contribution in [3.05, 3.63) is 47.9 Å². The van der Waals surface area contributed by atoms with Gasteiger partial charge in [0.15, 0.2) is 0 Å². The van der Waals surface area contributed by atoms with E-state index in [1.807, 2.05) is 38.2 Å². The van der Waals surface area contributed by atoms with Crippen LogP contribution in [0.4, 0.5) is 0 Å². The van der Waals surface area contributed by atoms with E-state index in [4.69, 9.17) is 4.74 Å². The molecule has 0 amide bonds. The maximum atomic E-state index is 5.67. The molecule has 0 bridgehead atoms. The van der Waals surface area contributed by atoms with Crippen LogP contribution in [0, 0.1) is 6.92 Å². The fourth-order valence-electron chi connectivity index (χ4n) is 1.53. The Morgan fingerprint density at radius 2 is 2.12 bits per heavy atom. The maximum Gasteiger partial charge on any atom is 0.222 e. The molecule has 0 atom stereocenters. The lowest BCUT2D eigenvalue weighted by Crippen LogP contribution is -2.04. The van der Waals surface area contributed by atoms with E-state index in [-0.39, 0.29) is 0 Å². The quantitative estimate of drug-likeness (QED) is 0.873.